The Morgan fingerprint density at radius 2 is 1.90 bits per heavy atom. The molecule has 1 rings (SSSR count). The Kier molecular flexibility index (Phi) is 6.82. The maximum absolute atomic E-state index is 5.84. The summed E-state index contributed by atoms with van der Waals surface area (Å²) in [6.45, 7) is 8.13. The summed E-state index contributed by atoms with van der Waals surface area (Å²) in [5.41, 5.74) is 1.01. The van der Waals surface area contributed by atoms with Crippen molar-refractivity contribution in [3.05, 3.63) is 23.8 Å². The second-order valence-corrected chi connectivity index (χ2v) is 5.31. The molecule has 0 radical (unpaired) electrons. The molecule has 114 valence electrons. The van der Waals surface area contributed by atoms with Gasteiger partial charge in [0.2, 0.25) is 0 Å². The van der Waals surface area contributed by atoms with E-state index in [0.29, 0.717) is 13.2 Å². The van der Waals surface area contributed by atoms with Crippen LogP contribution in [0.4, 0.5) is 0 Å². The summed E-state index contributed by atoms with van der Waals surface area (Å²) in [6, 6.07) is 6.05. The zero-order chi connectivity index (χ0) is 15.0. The van der Waals surface area contributed by atoms with Gasteiger partial charge in [-0.05, 0) is 45.5 Å². The minimum Gasteiger partial charge on any atom is -0.490 e. The fourth-order valence-corrected chi connectivity index (χ4v) is 1.76. The van der Waals surface area contributed by atoms with Crippen molar-refractivity contribution in [1.29, 1.82) is 0 Å². The number of benzene rings is 1. The summed E-state index contributed by atoms with van der Waals surface area (Å²) in [6.07, 6.45) is 0.827. The Morgan fingerprint density at radius 3 is 2.50 bits per heavy atom. The van der Waals surface area contributed by atoms with Gasteiger partial charge in [-0.15, -0.1) is 0 Å². The molecule has 0 unspecified atom stereocenters. The van der Waals surface area contributed by atoms with E-state index < -0.39 is 0 Å². The van der Waals surface area contributed by atoms with E-state index in [-0.39, 0.29) is 5.60 Å². The van der Waals surface area contributed by atoms with Crippen LogP contribution in [0.15, 0.2) is 18.2 Å². The summed E-state index contributed by atoms with van der Waals surface area (Å²) in [4.78, 5) is 0. The van der Waals surface area contributed by atoms with Crippen molar-refractivity contribution >= 4 is 0 Å². The van der Waals surface area contributed by atoms with E-state index in [1.165, 1.54) is 5.56 Å². The van der Waals surface area contributed by atoms with E-state index in [2.05, 4.69) is 25.2 Å². The Hall–Kier alpha value is -1.26. The summed E-state index contributed by atoms with van der Waals surface area (Å²) >= 11 is 0. The summed E-state index contributed by atoms with van der Waals surface area (Å²) < 4.78 is 16.9. The number of rotatable bonds is 9. The third-order valence-corrected chi connectivity index (χ3v) is 3.20. The van der Waals surface area contributed by atoms with E-state index in [1.807, 2.05) is 26.1 Å². The maximum Gasteiger partial charge on any atom is 0.161 e. The van der Waals surface area contributed by atoms with Crippen LogP contribution in [0.5, 0.6) is 11.5 Å². The van der Waals surface area contributed by atoms with E-state index >= 15 is 0 Å². The first-order valence-electron chi connectivity index (χ1n) is 7.10. The van der Waals surface area contributed by atoms with Crippen LogP contribution >= 0.6 is 0 Å². The highest BCUT2D eigenvalue weighted by Gasteiger charge is 2.16. The van der Waals surface area contributed by atoms with Crippen LogP contribution in [0.25, 0.3) is 0 Å². The Labute approximate surface area is 122 Å². The molecule has 1 aromatic carbocycles. The molecular formula is C16H27NO3. The van der Waals surface area contributed by atoms with Crippen molar-refractivity contribution in [3.63, 3.8) is 0 Å². The van der Waals surface area contributed by atoms with Gasteiger partial charge in [-0.1, -0.05) is 6.07 Å². The monoisotopic (exact) mass is 281 g/mol. The third kappa shape index (κ3) is 5.39. The van der Waals surface area contributed by atoms with E-state index in [9.17, 15) is 0 Å². The molecular weight excluding hydrogens is 254 g/mol. The smallest absolute Gasteiger partial charge is 0.161 e. The van der Waals surface area contributed by atoms with Gasteiger partial charge in [0, 0.05) is 20.1 Å². The van der Waals surface area contributed by atoms with Crippen LogP contribution in [0.2, 0.25) is 0 Å². The second-order valence-electron chi connectivity index (χ2n) is 5.31. The molecule has 4 heteroatoms. The minimum absolute atomic E-state index is 0.169. The summed E-state index contributed by atoms with van der Waals surface area (Å²) in [7, 11) is 3.65. The van der Waals surface area contributed by atoms with Gasteiger partial charge in [0.15, 0.2) is 11.5 Å². The zero-order valence-corrected chi connectivity index (χ0v) is 13.3. The Bertz CT molecular complexity index is 405. The van der Waals surface area contributed by atoms with Crippen molar-refractivity contribution in [1.82, 2.24) is 5.32 Å². The Morgan fingerprint density at radius 1 is 1.15 bits per heavy atom. The molecule has 0 amide bonds. The fraction of sp³-hybridized carbons (Fsp3) is 0.625. The molecule has 0 fully saturated rings. The molecule has 20 heavy (non-hydrogen) atoms. The molecule has 0 saturated carbocycles. The van der Waals surface area contributed by atoms with Crippen LogP contribution < -0.4 is 14.8 Å². The van der Waals surface area contributed by atoms with Gasteiger partial charge in [0.1, 0.15) is 0 Å². The molecule has 0 aliphatic carbocycles. The second kappa shape index (κ2) is 8.12. The standard InChI is InChI=1S/C16H27NO3/c1-6-19-15-11-13(12-17-4)7-8-14(15)20-10-9-16(2,3)18-5/h7-8,11,17H,6,9-10,12H2,1-5H3. The van der Waals surface area contributed by atoms with Gasteiger partial charge in [0.25, 0.3) is 0 Å². The highest BCUT2D eigenvalue weighted by molar-refractivity contribution is 5.43. The summed E-state index contributed by atoms with van der Waals surface area (Å²) in [5.74, 6) is 1.59. The van der Waals surface area contributed by atoms with Crippen LogP contribution in [0, 0.1) is 0 Å². The van der Waals surface area contributed by atoms with Crippen LogP contribution in [0.1, 0.15) is 32.8 Å². The van der Waals surface area contributed by atoms with Gasteiger partial charge >= 0.3 is 0 Å². The van der Waals surface area contributed by atoms with Crippen LogP contribution in [0.3, 0.4) is 0 Å². The van der Waals surface area contributed by atoms with Crippen molar-refractivity contribution < 1.29 is 14.2 Å². The summed E-state index contributed by atoms with van der Waals surface area (Å²) in [5, 5.41) is 3.13. The first kappa shape index (κ1) is 16.8. The van der Waals surface area contributed by atoms with Gasteiger partial charge in [-0.25, -0.2) is 0 Å². The first-order chi connectivity index (χ1) is 9.52. The maximum atomic E-state index is 5.84. The molecule has 0 aromatic heterocycles. The predicted molar refractivity (Wildman–Crippen MR) is 81.6 cm³/mol. The Balaban J connectivity index is 2.68. The van der Waals surface area contributed by atoms with E-state index in [1.54, 1.807) is 7.11 Å². The van der Waals surface area contributed by atoms with Crippen molar-refractivity contribution in [2.75, 3.05) is 27.4 Å². The van der Waals surface area contributed by atoms with Crippen LogP contribution in [-0.2, 0) is 11.3 Å². The molecule has 0 aliphatic heterocycles. The fourth-order valence-electron chi connectivity index (χ4n) is 1.76. The lowest BCUT2D eigenvalue weighted by atomic mass is 10.1. The van der Waals surface area contributed by atoms with E-state index in [0.717, 1.165) is 24.5 Å². The number of hydrogen-bond donors (Lipinski definition) is 1. The number of ether oxygens (including phenoxy) is 3. The lowest BCUT2D eigenvalue weighted by molar-refractivity contribution is 0.00521. The van der Waals surface area contributed by atoms with Gasteiger partial charge in [-0.2, -0.15) is 0 Å². The molecule has 1 aromatic rings. The zero-order valence-electron chi connectivity index (χ0n) is 13.3. The SMILES string of the molecule is CCOc1cc(CNC)ccc1OCCC(C)(C)OC. The quantitative estimate of drug-likeness (QED) is 0.755. The molecule has 0 saturated heterocycles. The average Bonchev–Trinajstić information content (AvgIpc) is 2.42. The van der Waals surface area contributed by atoms with Crippen molar-refractivity contribution in [2.24, 2.45) is 0 Å². The van der Waals surface area contributed by atoms with Crippen molar-refractivity contribution in [2.45, 2.75) is 39.3 Å². The topological polar surface area (TPSA) is 39.7 Å². The van der Waals surface area contributed by atoms with Gasteiger partial charge < -0.3 is 19.5 Å². The molecule has 0 bridgehead atoms. The number of nitrogens with one attached hydrogen (secondary N) is 1. The van der Waals surface area contributed by atoms with Crippen LogP contribution in [-0.4, -0.2) is 33.0 Å². The molecule has 0 heterocycles. The largest absolute Gasteiger partial charge is 0.490 e. The highest BCUT2D eigenvalue weighted by atomic mass is 16.5. The average molecular weight is 281 g/mol. The lowest BCUT2D eigenvalue weighted by Gasteiger charge is -2.23. The lowest BCUT2D eigenvalue weighted by Crippen LogP contribution is -2.25. The molecule has 0 aliphatic rings. The molecule has 0 spiro atoms. The third-order valence-electron chi connectivity index (χ3n) is 3.20. The van der Waals surface area contributed by atoms with Gasteiger partial charge in [-0.3, -0.25) is 0 Å². The number of hydrogen-bond acceptors (Lipinski definition) is 4. The predicted octanol–water partition coefficient (Wildman–Crippen LogP) is 3.00. The molecule has 4 nitrogen and oxygen atoms in total. The van der Waals surface area contributed by atoms with Gasteiger partial charge in [0.05, 0.1) is 18.8 Å². The molecule has 1 N–H and O–H groups in total. The highest BCUT2D eigenvalue weighted by Crippen LogP contribution is 2.29. The van der Waals surface area contributed by atoms with Crippen molar-refractivity contribution in [3.8, 4) is 11.5 Å². The van der Waals surface area contributed by atoms with E-state index in [4.69, 9.17) is 14.2 Å². The minimum atomic E-state index is -0.169. The normalized spacial score (nSPS) is 11.4. The number of methoxy groups -OCH3 is 1. The molecule has 0 atom stereocenters. The first-order valence-corrected chi connectivity index (χ1v) is 7.10.